The Morgan fingerprint density at radius 1 is 0.857 bits per heavy atom. The molecule has 1 aliphatic heterocycles. The van der Waals surface area contributed by atoms with Gasteiger partial charge in [-0.2, -0.15) is 0 Å². The van der Waals surface area contributed by atoms with Crippen molar-refractivity contribution < 1.29 is 42.8 Å². The second-order valence-electron chi connectivity index (χ2n) is 8.11. The van der Waals surface area contributed by atoms with E-state index in [4.69, 9.17) is 28.4 Å². The minimum Gasteiger partial charge on any atom is -0.493 e. The van der Waals surface area contributed by atoms with Crippen molar-refractivity contribution in [1.29, 1.82) is 0 Å². The van der Waals surface area contributed by atoms with Crippen molar-refractivity contribution in [3.63, 3.8) is 0 Å². The van der Waals surface area contributed by atoms with Gasteiger partial charge in [-0.1, -0.05) is 12.1 Å². The number of rotatable bonds is 10. The molecule has 2 atom stereocenters. The molecule has 0 saturated carbocycles. The minimum absolute atomic E-state index is 0.0983. The van der Waals surface area contributed by atoms with Crippen molar-refractivity contribution in [3.05, 3.63) is 47.0 Å². The molecule has 0 unspecified atom stereocenters. The van der Waals surface area contributed by atoms with Gasteiger partial charge in [0, 0.05) is 26.3 Å². The monoisotopic (exact) mass is 486 g/mol. The second-order valence-corrected chi connectivity index (χ2v) is 8.11. The third-order valence-electron chi connectivity index (χ3n) is 5.52. The standard InChI is InChI=1S/C26H30O9/c1-15(27)32-10-6-7-18-11-20-21(14-33-16(2)28)25(35-26(20)24(12-18)31-5)19-8-9-22(34-17(3)29)23(13-19)30-4/h8-9,11-13,21,25H,6-7,10,14H2,1-5H3/t21-,25-/m0/s1. The molecule has 188 valence electrons. The quantitative estimate of drug-likeness (QED) is 0.281. The molecule has 0 amide bonds. The molecule has 0 N–H and O–H groups in total. The molecule has 1 aliphatic rings. The lowest BCUT2D eigenvalue weighted by molar-refractivity contribution is -0.142. The number of methoxy groups -OCH3 is 2. The van der Waals surface area contributed by atoms with E-state index < -0.39 is 18.0 Å². The molecule has 35 heavy (non-hydrogen) atoms. The molecule has 3 rings (SSSR count). The Hall–Kier alpha value is -3.75. The van der Waals surface area contributed by atoms with Crippen molar-refractivity contribution in [2.45, 2.75) is 45.6 Å². The number of esters is 3. The predicted molar refractivity (Wildman–Crippen MR) is 125 cm³/mol. The van der Waals surface area contributed by atoms with Crippen LogP contribution in [0.25, 0.3) is 0 Å². The highest BCUT2D eigenvalue weighted by Crippen LogP contribution is 2.51. The SMILES string of the molecule is COc1cc([C@@H]2Oc3c(OC)cc(CCCOC(C)=O)cc3[C@@H]2COC(C)=O)ccc1OC(C)=O. The number of ether oxygens (including phenoxy) is 6. The maximum atomic E-state index is 11.6. The first kappa shape index (κ1) is 25.9. The van der Waals surface area contributed by atoms with Gasteiger partial charge in [0.15, 0.2) is 23.0 Å². The van der Waals surface area contributed by atoms with Crippen molar-refractivity contribution in [3.8, 4) is 23.0 Å². The fraction of sp³-hybridized carbons (Fsp3) is 0.423. The summed E-state index contributed by atoms with van der Waals surface area (Å²) >= 11 is 0. The van der Waals surface area contributed by atoms with Crippen LogP contribution in [0.15, 0.2) is 30.3 Å². The van der Waals surface area contributed by atoms with E-state index in [0.29, 0.717) is 42.4 Å². The lowest BCUT2D eigenvalue weighted by atomic mass is 9.90. The van der Waals surface area contributed by atoms with E-state index in [0.717, 1.165) is 16.7 Å². The molecular weight excluding hydrogens is 456 g/mol. The van der Waals surface area contributed by atoms with Gasteiger partial charge in [0.1, 0.15) is 12.7 Å². The third-order valence-corrected chi connectivity index (χ3v) is 5.52. The Labute approximate surface area is 204 Å². The molecule has 2 aromatic carbocycles. The summed E-state index contributed by atoms with van der Waals surface area (Å²) in [6.45, 7) is 4.47. The van der Waals surface area contributed by atoms with Gasteiger partial charge < -0.3 is 28.4 Å². The minimum atomic E-state index is -0.505. The molecule has 1 heterocycles. The van der Waals surface area contributed by atoms with E-state index in [9.17, 15) is 14.4 Å². The highest BCUT2D eigenvalue weighted by Gasteiger charge is 2.39. The molecule has 0 aliphatic carbocycles. The largest absolute Gasteiger partial charge is 0.493 e. The first-order valence-corrected chi connectivity index (χ1v) is 11.2. The summed E-state index contributed by atoms with van der Waals surface area (Å²) in [5.41, 5.74) is 2.58. The Balaban J connectivity index is 1.95. The molecule has 0 spiro atoms. The van der Waals surface area contributed by atoms with Crippen molar-refractivity contribution in [2.75, 3.05) is 27.4 Å². The summed E-state index contributed by atoms with van der Waals surface area (Å²) in [6, 6.07) is 9.06. The molecule has 9 heteroatoms. The zero-order valence-corrected chi connectivity index (χ0v) is 20.5. The van der Waals surface area contributed by atoms with Gasteiger partial charge in [-0.3, -0.25) is 14.4 Å². The average molecular weight is 487 g/mol. The number of benzene rings is 2. The Kier molecular flexibility index (Phi) is 8.57. The van der Waals surface area contributed by atoms with Gasteiger partial charge in [-0.15, -0.1) is 0 Å². The van der Waals surface area contributed by atoms with Crippen LogP contribution in [0.3, 0.4) is 0 Å². The molecule has 0 bridgehead atoms. The van der Waals surface area contributed by atoms with Crippen LogP contribution in [0.2, 0.25) is 0 Å². The maximum Gasteiger partial charge on any atom is 0.308 e. The average Bonchev–Trinajstić information content (AvgIpc) is 3.18. The molecule has 0 saturated heterocycles. The van der Waals surface area contributed by atoms with Crippen molar-refractivity contribution >= 4 is 17.9 Å². The molecule has 0 radical (unpaired) electrons. The summed E-state index contributed by atoms with van der Waals surface area (Å²) in [6.07, 6.45) is 0.803. The van der Waals surface area contributed by atoms with E-state index in [1.54, 1.807) is 25.3 Å². The topological polar surface area (TPSA) is 107 Å². The fourth-order valence-corrected chi connectivity index (χ4v) is 4.03. The van der Waals surface area contributed by atoms with Crippen LogP contribution < -0.4 is 18.9 Å². The molecule has 2 aromatic rings. The lowest BCUT2D eigenvalue weighted by Gasteiger charge is -2.20. The highest BCUT2D eigenvalue weighted by molar-refractivity contribution is 5.70. The Morgan fingerprint density at radius 3 is 2.20 bits per heavy atom. The predicted octanol–water partition coefficient (Wildman–Crippen LogP) is 3.91. The summed E-state index contributed by atoms with van der Waals surface area (Å²) < 4.78 is 33.0. The summed E-state index contributed by atoms with van der Waals surface area (Å²) in [5.74, 6) is 0.309. The van der Waals surface area contributed by atoms with Gasteiger partial charge in [0.05, 0.1) is 26.7 Å². The van der Waals surface area contributed by atoms with Crippen molar-refractivity contribution in [2.24, 2.45) is 0 Å². The van der Waals surface area contributed by atoms with Gasteiger partial charge >= 0.3 is 17.9 Å². The van der Waals surface area contributed by atoms with Gasteiger partial charge in [-0.05, 0) is 42.2 Å². The zero-order valence-electron chi connectivity index (χ0n) is 20.5. The number of hydrogen-bond acceptors (Lipinski definition) is 9. The van der Waals surface area contributed by atoms with Crippen LogP contribution in [0.1, 0.15) is 55.9 Å². The number of carbonyl (C=O) groups excluding carboxylic acids is 3. The van der Waals surface area contributed by atoms with E-state index in [-0.39, 0.29) is 18.5 Å². The van der Waals surface area contributed by atoms with Crippen LogP contribution >= 0.6 is 0 Å². The number of fused-ring (bicyclic) bond motifs is 1. The highest BCUT2D eigenvalue weighted by atomic mass is 16.6. The first-order chi connectivity index (χ1) is 16.7. The maximum absolute atomic E-state index is 11.6. The van der Waals surface area contributed by atoms with E-state index in [1.807, 2.05) is 12.1 Å². The summed E-state index contributed by atoms with van der Waals surface area (Å²) in [5, 5.41) is 0. The van der Waals surface area contributed by atoms with Crippen LogP contribution in [-0.4, -0.2) is 45.3 Å². The van der Waals surface area contributed by atoms with Crippen LogP contribution in [-0.2, 0) is 30.3 Å². The number of aryl methyl sites for hydroxylation is 1. The van der Waals surface area contributed by atoms with Gasteiger partial charge in [0.2, 0.25) is 0 Å². The van der Waals surface area contributed by atoms with E-state index in [2.05, 4.69) is 0 Å². The second kappa shape index (κ2) is 11.6. The normalized spacial score (nSPS) is 16.0. The van der Waals surface area contributed by atoms with Gasteiger partial charge in [-0.25, -0.2) is 0 Å². The Morgan fingerprint density at radius 2 is 1.57 bits per heavy atom. The molecular formula is C26H30O9. The summed E-state index contributed by atoms with van der Waals surface area (Å²) in [4.78, 5) is 34.1. The fourth-order valence-electron chi connectivity index (χ4n) is 4.03. The van der Waals surface area contributed by atoms with Gasteiger partial charge in [0.25, 0.3) is 0 Å². The van der Waals surface area contributed by atoms with Crippen LogP contribution in [0.5, 0.6) is 23.0 Å². The molecule has 0 aromatic heterocycles. The lowest BCUT2D eigenvalue weighted by Crippen LogP contribution is -2.17. The van der Waals surface area contributed by atoms with Crippen molar-refractivity contribution in [1.82, 2.24) is 0 Å². The molecule has 0 fully saturated rings. The first-order valence-electron chi connectivity index (χ1n) is 11.2. The number of hydrogen-bond donors (Lipinski definition) is 0. The third kappa shape index (κ3) is 6.44. The van der Waals surface area contributed by atoms with E-state index >= 15 is 0 Å². The molecule has 9 nitrogen and oxygen atoms in total. The number of carbonyl (C=O) groups is 3. The summed E-state index contributed by atoms with van der Waals surface area (Å²) in [7, 11) is 3.05. The Bertz CT molecular complexity index is 1090. The van der Waals surface area contributed by atoms with Crippen LogP contribution in [0.4, 0.5) is 0 Å². The van der Waals surface area contributed by atoms with E-state index in [1.165, 1.54) is 27.9 Å². The van der Waals surface area contributed by atoms with Crippen LogP contribution in [0, 0.1) is 0 Å². The smallest absolute Gasteiger partial charge is 0.308 e. The zero-order chi connectivity index (χ0) is 25.5.